The summed E-state index contributed by atoms with van der Waals surface area (Å²) in [6.07, 6.45) is 3.67. The number of methoxy groups -OCH3 is 1. The number of aliphatic hydroxyl groups excluding tert-OH is 1. The molecule has 2 aliphatic rings. The number of carbonyl (C=O) groups is 3. The van der Waals surface area contributed by atoms with E-state index in [0.29, 0.717) is 31.4 Å². The van der Waals surface area contributed by atoms with E-state index in [4.69, 9.17) is 4.74 Å². The van der Waals surface area contributed by atoms with Crippen LogP contribution in [0.3, 0.4) is 0 Å². The van der Waals surface area contributed by atoms with Gasteiger partial charge in [-0.25, -0.2) is 19.0 Å². The molecule has 4 rings (SSSR count). The van der Waals surface area contributed by atoms with Crippen LogP contribution in [0.1, 0.15) is 29.7 Å². The maximum Gasteiger partial charge on any atom is 0.378 e. The highest BCUT2D eigenvalue weighted by atomic mass is 19.1. The lowest BCUT2D eigenvalue weighted by molar-refractivity contribution is -0.136. The number of carbonyl (C=O) groups excluding carboxylic acids is 3. The molecule has 2 N–H and O–H groups in total. The molecule has 10 heteroatoms. The van der Waals surface area contributed by atoms with Crippen LogP contribution in [0.4, 0.5) is 10.1 Å². The average Bonchev–Trinajstić information content (AvgIpc) is 3.27. The van der Waals surface area contributed by atoms with E-state index in [2.05, 4.69) is 10.3 Å². The predicted octanol–water partition coefficient (Wildman–Crippen LogP) is 1.90. The molecule has 2 aromatic rings. The Balaban J connectivity index is 1.75. The number of aromatic nitrogens is 1. The molecule has 0 aliphatic carbocycles. The van der Waals surface area contributed by atoms with Gasteiger partial charge < -0.3 is 20.1 Å². The summed E-state index contributed by atoms with van der Waals surface area (Å²) in [5.74, 6) is -1.34. The number of hydrogen-bond donors (Lipinski definition) is 2. The van der Waals surface area contributed by atoms with E-state index in [0.717, 1.165) is 12.0 Å². The highest BCUT2D eigenvalue weighted by Gasteiger charge is 2.50. The zero-order chi connectivity index (χ0) is 25.0. The Kier molecular flexibility index (Phi) is 7.23. The number of hydrogen-bond acceptors (Lipinski definition) is 7. The number of nitrogens with one attached hydrogen (secondary N) is 1. The van der Waals surface area contributed by atoms with E-state index in [-0.39, 0.29) is 60.8 Å². The van der Waals surface area contributed by atoms with Crippen LogP contribution < -0.4 is 9.80 Å². The Morgan fingerprint density at radius 3 is 2.69 bits per heavy atom. The smallest absolute Gasteiger partial charge is 0.378 e. The van der Waals surface area contributed by atoms with Gasteiger partial charge in [0, 0.05) is 38.9 Å². The van der Waals surface area contributed by atoms with Crippen LogP contribution >= 0.6 is 0 Å². The van der Waals surface area contributed by atoms with E-state index >= 15 is 0 Å². The highest BCUT2D eigenvalue weighted by molar-refractivity contribution is 6.16. The van der Waals surface area contributed by atoms with Gasteiger partial charge in [0.05, 0.1) is 13.2 Å². The van der Waals surface area contributed by atoms with E-state index in [9.17, 15) is 23.9 Å². The molecule has 2 aliphatic heterocycles. The number of imide groups is 1. The second-order valence-electron chi connectivity index (χ2n) is 8.65. The van der Waals surface area contributed by atoms with Gasteiger partial charge in [0.1, 0.15) is 12.4 Å². The standard InChI is InChI=1S/C25H27FN4O5/c1-35-12-8-27-23-24(33)22-20(14-18(15-28-22)13-17-4-6-19(26)7-5-17)30(16-31,25(23)34)11-10-29-9-2-3-21(29)32/h4-7,14-16H,2-3,8-13H2,1H3,(H-,27,28,33,34)/p+1. The van der Waals surface area contributed by atoms with Crippen LogP contribution in [-0.2, 0) is 25.5 Å². The first-order valence-electron chi connectivity index (χ1n) is 11.5. The first kappa shape index (κ1) is 24.5. The van der Waals surface area contributed by atoms with Gasteiger partial charge in [-0.15, -0.1) is 0 Å². The Morgan fingerprint density at radius 2 is 2.03 bits per heavy atom. The predicted molar refractivity (Wildman–Crippen MR) is 126 cm³/mol. The number of halogens is 1. The quantitative estimate of drug-likeness (QED) is 0.302. The number of nitrogens with zero attached hydrogens (tertiary/aromatic N) is 3. The summed E-state index contributed by atoms with van der Waals surface area (Å²) in [6.45, 7) is 1.30. The number of pyridine rings is 1. The van der Waals surface area contributed by atoms with Crippen molar-refractivity contribution >= 4 is 29.7 Å². The summed E-state index contributed by atoms with van der Waals surface area (Å²) in [5, 5.41) is 13.8. The lowest BCUT2D eigenvalue weighted by atomic mass is 10.0. The van der Waals surface area contributed by atoms with Crippen molar-refractivity contribution in [2.45, 2.75) is 19.3 Å². The fourth-order valence-electron chi connectivity index (χ4n) is 4.48. The molecular weight excluding hydrogens is 455 g/mol. The highest BCUT2D eigenvalue weighted by Crippen LogP contribution is 2.37. The molecule has 184 valence electrons. The molecule has 35 heavy (non-hydrogen) atoms. The Morgan fingerprint density at radius 1 is 1.26 bits per heavy atom. The zero-order valence-electron chi connectivity index (χ0n) is 19.5. The Hall–Kier alpha value is -3.63. The maximum absolute atomic E-state index is 13.7. The lowest BCUT2D eigenvalue weighted by Gasteiger charge is -2.35. The van der Waals surface area contributed by atoms with Gasteiger partial charge in [-0.3, -0.25) is 4.79 Å². The summed E-state index contributed by atoms with van der Waals surface area (Å²) in [6, 6.07) is 7.68. The fourth-order valence-corrected chi connectivity index (χ4v) is 4.48. The molecule has 0 saturated carbocycles. The molecule has 0 radical (unpaired) electrons. The molecule has 1 atom stereocenters. The summed E-state index contributed by atoms with van der Waals surface area (Å²) in [4.78, 5) is 44.6. The summed E-state index contributed by atoms with van der Waals surface area (Å²) < 4.78 is 17.6. The number of quaternary nitrogens is 1. The van der Waals surface area contributed by atoms with Gasteiger partial charge >= 0.3 is 12.3 Å². The second-order valence-corrected chi connectivity index (χ2v) is 8.65. The van der Waals surface area contributed by atoms with Gasteiger partial charge in [0.2, 0.25) is 5.91 Å². The molecule has 9 nitrogen and oxygen atoms in total. The molecular formula is C25H28FN4O5+. The van der Waals surface area contributed by atoms with Crippen molar-refractivity contribution in [3.05, 3.63) is 64.9 Å². The first-order chi connectivity index (χ1) is 16.9. The van der Waals surface area contributed by atoms with E-state index in [1.807, 2.05) is 0 Å². The second kappa shape index (κ2) is 10.3. The summed E-state index contributed by atoms with van der Waals surface area (Å²) in [5.41, 5.74) is 1.75. The zero-order valence-corrected chi connectivity index (χ0v) is 19.5. The number of amides is 3. The minimum Gasteiger partial charge on any atom is -0.503 e. The molecule has 1 aromatic carbocycles. The normalized spacial score (nSPS) is 19.8. The van der Waals surface area contributed by atoms with E-state index < -0.39 is 10.4 Å². The molecule has 0 spiro atoms. The minimum atomic E-state index is -0.747. The number of likely N-dealkylation sites (tertiary alicyclic amines) is 1. The van der Waals surface area contributed by atoms with Crippen LogP contribution in [0.15, 0.2) is 42.2 Å². The fraction of sp³-hybridized carbons (Fsp3) is 0.360. The SMILES string of the molecule is COCCNC1=C(O)c2ncc(Cc3ccc(F)cc3)cc2[N+](C=O)(CCN2CCCC2=O)C1=O. The topological polar surface area (TPSA) is 109 Å². The first-order valence-corrected chi connectivity index (χ1v) is 11.5. The Bertz CT molecular complexity index is 1170. The largest absolute Gasteiger partial charge is 0.503 e. The van der Waals surface area contributed by atoms with Crippen LogP contribution in [0.5, 0.6) is 0 Å². The van der Waals surface area contributed by atoms with Crippen molar-refractivity contribution in [2.24, 2.45) is 0 Å². The number of ether oxygens (including phenoxy) is 1. The number of fused-ring (bicyclic) bond motifs is 1. The Labute approximate surface area is 202 Å². The third-order valence-electron chi connectivity index (χ3n) is 6.39. The molecule has 1 saturated heterocycles. The van der Waals surface area contributed by atoms with E-state index in [1.54, 1.807) is 29.3 Å². The van der Waals surface area contributed by atoms with Crippen molar-refractivity contribution < 1.29 is 28.6 Å². The average molecular weight is 484 g/mol. The molecule has 1 aromatic heterocycles. The maximum atomic E-state index is 13.7. The monoisotopic (exact) mass is 483 g/mol. The van der Waals surface area contributed by atoms with Crippen LogP contribution in [0, 0.1) is 5.82 Å². The summed E-state index contributed by atoms with van der Waals surface area (Å²) in [7, 11) is 1.51. The van der Waals surface area contributed by atoms with Crippen LogP contribution in [0.2, 0.25) is 0 Å². The molecule has 1 fully saturated rings. The van der Waals surface area contributed by atoms with Gasteiger partial charge in [0.15, 0.2) is 22.8 Å². The molecule has 3 heterocycles. The van der Waals surface area contributed by atoms with Crippen molar-refractivity contribution in [1.82, 2.24) is 19.7 Å². The minimum absolute atomic E-state index is 0.00545. The van der Waals surface area contributed by atoms with Crippen molar-refractivity contribution in [3.8, 4) is 0 Å². The van der Waals surface area contributed by atoms with Crippen molar-refractivity contribution in [2.75, 3.05) is 39.9 Å². The third-order valence-corrected chi connectivity index (χ3v) is 6.39. The van der Waals surface area contributed by atoms with Gasteiger partial charge in [-0.1, -0.05) is 12.1 Å². The number of aliphatic hydroxyl groups is 1. The molecule has 1 unspecified atom stereocenters. The lowest BCUT2D eigenvalue weighted by Crippen LogP contribution is -2.60. The van der Waals surface area contributed by atoms with Gasteiger partial charge in [0.25, 0.3) is 0 Å². The number of rotatable bonds is 10. The van der Waals surface area contributed by atoms with Gasteiger partial charge in [-0.2, -0.15) is 4.48 Å². The molecule has 3 amide bonds. The van der Waals surface area contributed by atoms with Crippen molar-refractivity contribution in [1.29, 1.82) is 0 Å². The number of benzene rings is 1. The van der Waals surface area contributed by atoms with Crippen LogP contribution in [0.25, 0.3) is 5.76 Å². The van der Waals surface area contributed by atoms with E-state index in [1.165, 1.54) is 19.2 Å². The summed E-state index contributed by atoms with van der Waals surface area (Å²) >= 11 is 0. The third kappa shape index (κ3) is 4.80. The van der Waals surface area contributed by atoms with Crippen molar-refractivity contribution in [3.63, 3.8) is 0 Å². The van der Waals surface area contributed by atoms with Crippen LogP contribution in [-0.4, -0.2) is 73.1 Å². The molecule has 0 bridgehead atoms. The van der Waals surface area contributed by atoms with Gasteiger partial charge in [-0.05, 0) is 36.1 Å².